The van der Waals surface area contributed by atoms with E-state index < -0.39 is 0 Å². The molecule has 1 fully saturated rings. The Morgan fingerprint density at radius 2 is 1.97 bits per heavy atom. The van der Waals surface area contributed by atoms with E-state index >= 15 is 0 Å². The molecule has 0 atom stereocenters. The second-order valence-electron chi connectivity index (χ2n) is 8.06. The minimum absolute atomic E-state index is 0.0339. The van der Waals surface area contributed by atoms with Crippen molar-refractivity contribution in [3.05, 3.63) is 59.1 Å². The fourth-order valence-electron chi connectivity index (χ4n) is 3.94. The second-order valence-corrected chi connectivity index (χ2v) is 9.48. The molecular formula is C24H21ClN6O3S. The number of amides is 3. The third kappa shape index (κ3) is 4.38. The van der Waals surface area contributed by atoms with Gasteiger partial charge in [0.15, 0.2) is 5.13 Å². The van der Waals surface area contributed by atoms with Gasteiger partial charge in [-0.1, -0.05) is 22.9 Å². The van der Waals surface area contributed by atoms with E-state index in [1.54, 1.807) is 29.0 Å². The first-order valence-electron chi connectivity index (χ1n) is 10.7. The number of halogens is 1. The fourth-order valence-corrected chi connectivity index (χ4v) is 4.99. The van der Waals surface area contributed by atoms with Crippen molar-refractivity contribution in [2.75, 3.05) is 37.5 Å². The highest BCUT2D eigenvalue weighted by molar-refractivity contribution is 7.22. The van der Waals surface area contributed by atoms with Crippen LogP contribution in [0.4, 0.5) is 15.6 Å². The highest BCUT2D eigenvalue weighted by atomic mass is 35.5. The van der Waals surface area contributed by atoms with E-state index in [0.29, 0.717) is 40.7 Å². The minimum atomic E-state index is -0.363. The van der Waals surface area contributed by atoms with Gasteiger partial charge >= 0.3 is 6.03 Å². The molecule has 0 unspecified atom stereocenters. The molecule has 4 aromatic rings. The number of thiazole rings is 1. The SMILES string of the molecule is COc1cnc(Cl)cc1-c1cc(C)ncc1C(=O)Nc1nc2ccc(N3CCN(C)C3=O)cc2s1. The molecule has 0 radical (unpaired) electrons. The molecule has 3 aromatic heterocycles. The van der Waals surface area contributed by atoms with Crippen molar-refractivity contribution in [2.24, 2.45) is 0 Å². The number of urea groups is 1. The van der Waals surface area contributed by atoms with Gasteiger partial charge in [0.1, 0.15) is 10.9 Å². The topological polar surface area (TPSA) is 101 Å². The maximum absolute atomic E-state index is 13.3. The zero-order valence-corrected chi connectivity index (χ0v) is 20.8. The maximum Gasteiger partial charge on any atom is 0.324 e. The summed E-state index contributed by atoms with van der Waals surface area (Å²) in [6.45, 7) is 3.16. The number of carbonyl (C=O) groups is 2. The lowest BCUT2D eigenvalue weighted by Crippen LogP contribution is -2.29. The van der Waals surface area contributed by atoms with E-state index in [-0.39, 0.29) is 17.1 Å². The van der Waals surface area contributed by atoms with Crippen LogP contribution in [0, 0.1) is 6.92 Å². The molecule has 4 heterocycles. The van der Waals surface area contributed by atoms with Crippen LogP contribution in [0.25, 0.3) is 21.3 Å². The Morgan fingerprint density at radius 3 is 2.71 bits per heavy atom. The predicted molar refractivity (Wildman–Crippen MR) is 137 cm³/mol. The zero-order chi connectivity index (χ0) is 24.7. The number of benzene rings is 1. The van der Waals surface area contributed by atoms with Crippen LogP contribution in [0.5, 0.6) is 5.75 Å². The number of hydrogen-bond acceptors (Lipinski definition) is 7. The number of aromatic nitrogens is 3. The average Bonchev–Trinajstić information content (AvgIpc) is 3.40. The molecule has 178 valence electrons. The van der Waals surface area contributed by atoms with Crippen LogP contribution in [0.2, 0.25) is 5.15 Å². The lowest BCUT2D eigenvalue weighted by atomic mass is 10.0. The lowest BCUT2D eigenvalue weighted by Gasteiger charge is -2.15. The first-order chi connectivity index (χ1) is 16.8. The second kappa shape index (κ2) is 9.12. The number of ether oxygens (including phenoxy) is 1. The van der Waals surface area contributed by atoms with Gasteiger partial charge in [0, 0.05) is 48.8 Å². The summed E-state index contributed by atoms with van der Waals surface area (Å²) in [5.41, 5.74) is 3.88. The third-order valence-electron chi connectivity index (χ3n) is 5.75. The molecule has 1 N–H and O–H groups in total. The van der Waals surface area contributed by atoms with Gasteiger partial charge in [-0.25, -0.2) is 14.8 Å². The molecule has 1 aromatic carbocycles. The number of pyridine rings is 2. The summed E-state index contributed by atoms with van der Waals surface area (Å²) in [7, 11) is 3.32. The average molecular weight is 509 g/mol. The Bertz CT molecular complexity index is 1470. The first-order valence-corrected chi connectivity index (χ1v) is 11.9. The smallest absolute Gasteiger partial charge is 0.324 e. The van der Waals surface area contributed by atoms with Crippen molar-refractivity contribution in [2.45, 2.75) is 6.92 Å². The van der Waals surface area contributed by atoms with E-state index in [1.165, 1.54) is 30.8 Å². The number of methoxy groups -OCH3 is 1. The van der Waals surface area contributed by atoms with Gasteiger partial charge in [0.25, 0.3) is 5.91 Å². The van der Waals surface area contributed by atoms with Crippen LogP contribution in [0.1, 0.15) is 16.1 Å². The number of fused-ring (bicyclic) bond motifs is 1. The monoisotopic (exact) mass is 508 g/mol. The summed E-state index contributed by atoms with van der Waals surface area (Å²) in [5, 5.41) is 3.61. The molecule has 35 heavy (non-hydrogen) atoms. The number of rotatable bonds is 5. The molecule has 11 heteroatoms. The first kappa shape index (κ1) is 23.0. The molecule has 1 aliphatic rings. The third-order valence-corrected chi connectivity index (χ3v) is 6.89. The Labute approximate surface area is 210 Å². The minimum Gasteiger partial charge on any atom is -0.494 e. The van der Waals surface area contributed by atoms with E-state index in [1.807, 2.05) is 25.1 Å². The Kier molecular flexibility index (Phi) is 6.00. The number of nitrogens with zero attached hydrogens (tertiary/aromatic N) is 5. The van der Waals surface area contributed by atoms with Crippen molar-refractivity contribution in [1.82, 2.24) is 19.9 Å². The quantitative estimate of drug-likeness (QED) is 0.387. The van der Waals surface area contributed by atoms with Crippen LogP contribution in [-0.2, 0) is 0 Å². The largest absolute Gasteiger partial charge is 0.494 e. The Morgan fingerprint density at radius 1 is 1.14 bits per heavy atom. The molecule has 5 rings (SSSR count). The summed E-state index contributed by atoms with van der Waals surface area (Å²) in [6.07, 6.45) is 3.04. The number of hydrogen-bond donors (Lipinski definition) is 1. The van der Waals surface area contributed by atoms with Crippen LogP contribution in [0.3, 0.4) is 0 Å². The van der Waals surface area contributed by atoms with E-state index in [0.717, 1.165) is 21.6 Å². The Hall–Kier alpha value is -3.76. The van der Waals surface area contributed by atoms with Gasteiger partial charge < -0.3 is 9.64 Å². The van der Waals surface area contributed by atoms with Gasteiger partial charge in [-0.15, -0.1) is 0 Å². The predicted octanol–water partition coefficient (Wildman–Crippen LogP) is 4.85. The van der Waals surface area contributed by atoms with Gasteiger partial charge in [-0.3, -0.25) is 20.0 Å². The molecule has 0 aliphatic carbocycles. The summed E-state index contributed by atoms with van der Waals surface area (Å²) in [4.78, 5) is 42.0. The van der Waals surface area contributed by atoms with Crippen LogP contribution < -0.4 is 15.0 Å². The van der Waals surface area contributed by atoms with E-state index in [2.05, 4.69) is 20.3 Å². The lowest BCUT2D eigenvalue weighted by molar-refractivity contribution is 0.102. The number of anilines is 2. The summed E-state index contributed by atoms with van der Waals surface area (Å²) in [5.74, 6) is 0.127. The fraction of sp³-hybridized carbons (Fsp3) is 0.208. The van der Waals surface area contributed by atoms with Gasteiger partial charge in [-0.2, -0.15) is 0 Å². The number of aryl methyl sites for hydroxylation is 1. The molecule has 3 amide bonds. The zero-order valence-electron chi connectivity index (χ0n) is 19.2. The van der Waals surface area contributed by atoms with E-state index in [4.69, 9.17) is 16.3 Å². The Balaban J connectivity index is 1.46. The van der Waals surface area contributed by atoms with Crippen molar-refractivity contribution in [3.63, 3.8) is 0 Å². The van der Waals surface area contributed by atoms with E-state index in [9.17, 15) is 9.59 Å². The maximum atomic E-state index is 13.3. The molecule has 0 bridgehead atoms. The summed E-state index contributed by atoms with van der Waals surface area (Å²) in [6, 6.07) is 9.06. The van der Waals surface area contributed by atoms with Crippen molar-refractivity contribution in [1.29, 1.82) is 0 Å². The van der Waals surface area contributed by atoms with Crippen LogP contribution in [-0.4, -0.2) is 59.0 Å². The highest BCUT2D eigenvalue weighted by Crippen LogP contribution is 2.35. The number of likely N-dealkylation sites (N-methyl/N-ethyl adjacent to an activating group) is 1. The molecule has 0 saturated carbocycles. The van der Waals surface area contributed by atoms with Crippen LogP contribution in [0.15, 0.2) is 42.7 Å². The molecule has 0 spiro atoms. The molecule has 1 saturated heterocycles. The summed E-state index contributed by atoms with van der Waals surface area (Å²) < 4.78 is 6.31. The van der Waals surface area contributed by atoms with Crippen molar-refractivity contribution >= 4 is 55.9 Å². The molecular weight excluding hydrogens is 488 g/mol. The highest BCUT2D eigenvalue weighted by Gasteiger charge is 2.27. The van der Waals surface area contributed by atoms with Crippen molar-refractivity contribution in [3.8, 4) is 16.9 Å². The van der Waals surface area contributed by atoms with Gasteiger partial charge in [-0.05, 0) is 37.3 Å². The van der Waals surface area contributed by atoms with Crippen LogP contribution >= 0.6 is 22.9 Å². The summed E-state index contributed by atoms with van der Waals surface area (Å²) >= 11 is 7.47. The normalized spacial score (nSPS) is 13.5. The molecule has 1 aliphatic heterocycles. The number of carbonyl (C=O) groups excluding carboxylic acids is 2. The van der Waals surface area contributed by atoms with Gasteiger partial charge in [0.05, 0.1) is 29.1 Å². The molecule has 9 nitrogen and oxygen atoms in total. The van der Waals surface area contributed by atoms with Crippen molar-refractivity contribution < 1.29 is 14.3 Å². The van der Waals surface area contributed by atoms with Gasteiger partial charge in [0.2, 0.25) is 0 Å². The number of nitrogens with one attached hydrogen (secondary N) is 1. The standard InChI is InChI=1S/C24H21ClN6O3S/c1-13-8-15(16-10-21(25)27-12-19(16)34-3)17(11-26-13)22(32)29-23-28-18-5-4-14(9-20(18)35-23)31-7-6-30(2)24(31)33/h4-5,8-12H,6-7H2,1-3H3,(H,28,29,32).